The van der Waals surface area contributed by atoms with Crippen LogP contribution < -0.4 is 10.1 Å². The third-order valence-electron chi connectivity index (χ3n) is 6.16. The fourth-order valence-corrected chi connectivity index (χ4v) is 6.29. The van der Waals surface area contributed by atoms with Crippen molar-refractivity contribution in [3.8, 4) is 11.1 Å². The zero-order chi connectivity index (χ0) is 28.3. The molecule has 208 valence electrons. The van der Waals surface area contributed by atoms with Gasteiger partial charge >= 0.3 is 5.97 Å². The zero-order valence-corrected chi connectivity index (χ0v) is 24.2. The van der Waals surface area contributed by atoms with Crippen LogP contribution in [0, 0.1) is 11.7 Å². The summed E-state index contributed by atoms with van der Waals surface area (Å²) in [6, 6.07) is 11.0. The Bertz CT molecular complexity index is 1300. The third-order valence-corrected chi connectivity index (χ3v) is 7.98. The fourth-order valence-electron chi connectivity index (χ4n) is 4.65. The lowest BCUT2D eigenvalue weighted by atomic mass is 9.94. The summed E-state index contributed by atoms with van der Waals surface area (Å²) in [5, 5.41) is 1.97. The van der Waals surface area contributed by atoms with Crippen LogP contribution in [0.2, 0.25) is 0 Å². The summed E-state index contributed by atoms with van der Waals surface area (Å²) in [5.41, 5.74) is 5.24. The van der Waals surface area contributed by atoms with Crippen LogP contribution in [0.15, 0.2) is 58.6 Å². The standard InChI is InChI=1S/C29H40FN3O4S/c1-8-16-33-24(26(28(34)37-9-2)27(31-33)19(3)4)18-20-14-15-21(23(30)17-20)22-12-10-11-13-25(22)38(35,36)32-29(5,6)7/h10-15,17,19,27,31-32H,8-9,16,18H2,1-7H3. The van der Waals surface area contributed by atoms with Crippen LogP contribution in [0.25, 0.3) is 11.1 Å². The number of allylic oxidation sites excluding steroid dienone is 1. The largest absolute Gasteiger partial charge is 0.463 e. The van der Waals surface area contributed by atoms with Gasteiger partial charge in [0.2, 0.25) is 10.0 Å². The van der Waals surface area contributed by atoms with Gasteiger partial charge in [-0.25, -0.2) is 27.8 Å². The maximum Gasteiger partial charge on any atom is 0.337 e. The van der Waals surface area contributed by atoms with E-state index in [1.54, 1.807) is 58.0 Å². The Hall–Kier alpha value is -2.75. The second kappa shape index (κ2) is 12.0. The molecule has 0 radical (unpaired) electrons. The first-order chi connectivity index (χ1) is 17.8. The lowest BCUT2D eigenvalue weighted by Gasteiger charge is -2.24. The zero-order valence-electron chi connectivity index (χ0n) is 23.4. The molecule has 9 heteroatoms. The molecule has 2 N–H and O–H groups in total. The van der Waals surface area contributed by atoms with E-state index in [4.69, 9.17) is 4.74 Å². The minimum atomic E-state index is -3.88. The molecule has 0 aliphatic carbocycles. The summed E-state index contributed by atoms with van der Waals surface area (Å²) >= 11 is 0. The van der Waals surface area contributed by atoms with E-state index < -0.39 is 21.4 Å². The molecule has 0 fully saturated rings. The van der Waals surface area contributed by atoms with E-state index in [9.17, 15) is 13.2 Å². The molecule has 0 amide bonds. The normalized spacial score (nSPS) is 16.4. The number of hydrogen-bond acceptors (Lipinski definition) is 6. The van der Waals surface area contributed by atoms with Crippen molar-refractivity contribution in [2.75, 3.05) is 13.2 Å². The molecule has 0 aromatic heterocycles. The molecule has 38 heavy (non-hydrogen) atoms. The Labute approximate surface area is 226 Å². The SMILES string of the molecule is CCCN1NC(C(C)C)C(C(=O)OCC)=C1Cc1ccc(-c2ccccc2S(=O)(=O)NC(C)(C)C)c(F)c1. The molecule has 0 saturated carbocycles. The number of hydrogen-bond donors (Lipinski definition) is 2. The highest BCUT2D eigenvalue weighted by Crippen LogP contribution is 2.33. The van der Waals surface area contributed by atoms with Gasteiger partial charge in [0.25, 0.3) is 0 Å². The van der Waals surface area contributed by atoms with Gasteiger partial charge in [0.1, 0.15) is 5.82 Å². The predicted molar refractivity (Wildman–Crippen MR) is 148 cm³/mol. The topological polar surface area (TPSA) is 87.7 Å². The van der Waals surface area contributed by atoms with Crippen LogP contribution in [-0.4, -0.2) is 44.1 Å². The number of nitrogens with one attached hydrogen (secondary N) is 2. The van der Waals surface area contributed by atoms with E-state index in [0.717, 1.165) is 12.1 Å². The minimum Gasteiger partial charge on any atom is -0.463 e. The van der Waals surface area contributed by atoms with E-state index in [0.29, 0.717) is 24.1 Å². The van der Waals surface area contributed by atoms with Crippen LogP contribution in [0.3, 0.4) is 0 Å². The molecule has 1 atom stereocenters. The van der Waals surface area contributed by atoms with Crippen LogP contribution >= 0.6 is 0 Å². The number of benzene rings is 2. The van der Waals surface area contributed by atoms with E-state index >= 15 is 4.39 Å². The number of nitrogens with zero attached hydrogens (tertiary/aromatic N) is 1. The average molecular weight is 546 g/mol. The lowest BCUT2D eigenvalue weighted by Crippen LogP contribution is -2.41. The van der Waals surface area contributed by atoms with Gasteiger partial charge in [-0.1, -0.05) is 51.1 Å². The Kier molecular flexibility index (Phi) is 9.39. The Morgan fingerprint density at radius 2 is 1.82 bits per heavy atom. The molecule has 0 bridgehead atoms. The molecular formula is C29H40FN3O4S. The number of carbonyl (C=O) groups excluding carboxylic acids is 1. The molecular weight excluding hydrogens is 505 g/mol. The number of rotatable bonds is 10. The molecule has 1 aliphatic heterocycles. The van der Waals surface area contributed by atoms with Gasteiger partial charge in [-0.15, -0.1) is 0 Å². The van der Waals surface area contributed by atoms with Crippen molar-refractivity contribution in [1.82, 2.24) is 15.2 Å². The minimum absolute atomic E-state index is 0.0165. The van der Waals surface area contributed by atoms with E-state index in [2.05, 4.69) is 17.1 Å². The number of sulfonamides is 1. The summed E-state index contributed by atoms with van der Waals surface area (Å²) < 4.78 is 49.8. The molecule has 3 rings (SSSR count). The molecule has 7 nitrogen and oxygen atoms in total. The van der Waals surface area contributed by atoms with Crippen LogP contribution in [-0.2, 0) is 26.0 Å². The van der Waals surface area contributed by atoms with E-state index in [1.165, 1.54) is 12.1 Å². The number of esters is 1. The molecule has 1 heterocycles. The van der Waals surface area contributed by atoms with Crippen molar-refractivity contribution in [2.24, 2.45) is 5.92 Å². The van der Waals surface area contributed by atoms with Crippen molar-refractivity contribution in [2.45, 2.75) is 77.8 Å². The van der Waals surface area contributed by atoms with Crippen LogP contribution in [0.1, 0.15) is 60.5 Å². The average Bonchev–Trinajstić information content (AvgIpc) is 3.16. The molecule has 0 saturated heterocycles. The maximum absolute atomic E-state index is 15.6. The smallest absolute Gasteiger partial charge is 0.337 e. The molecule has 1 aliphatic rings. The predicted octanol–water partition coefficient (Wildman–Crippen LogP) is 5.18. The monoisotopic (exact) mass is 545 g/mol. The summed E-state index contributed by atoms with van der Waals surface area (Å²) in [6.45, 7) is 14.1. The Balaban J connectivity index is 2.03. The van der Waals surface area contributed by atoms with Crippen molar-refractivity contribution in [1.29, 1.82) is 0 Å². The quantitative estimate of drug-likeness (QED) is 0.400. The maximum atomic E-state index is 15.6. The van der Waals surface area contributed by atoms with Crippen molar-refractivity contribution >= 4 is 16.0 Å². The van der Waals surface area contributed by atoms with Gasteiger partial charge in [0, 0.05) is 35.3 Å². The summed E-state index contributed by atoms with van der Waals surface area (Å²) in [4.78, 5) is 13.0. The summed E-state index contributed by atoms with van der Waals surface area (Å²) in [7, 11) is -3.88. The molecule has 1 unspecified atom stereocenters. The summed E-state index contributed by atoms with van der Waals surface area (Å²) in [5.74, 6) is -0.756. The van der Waals surface area contributed by atoms with E-state index in [1.807, 2.05) is 18.9 Å². The van der Waals surface area contributed by atoms with Gasteiger partial charge in [0.05, 0.1) is 23.1 Å². The molecule has 0 spiro atoms. The Morgan fingerprint density at radius 1 is 1.13 bits per heavy atom. The van der Waals surface area contributed by atoms with Crippen LogP contribution in [0.5, 0.6) is 0 Å². The second-order valence-corrected chi connectivity index (χ2v) is 12.6. The van der Waals surface area contributed by atoms with Gasteiger partial charge < -0.3 is 9.75 Å². The summed E-state index contributed by atoms with van der Waals surface area (Å²) in [6.07, 6.45) is 1.19. The number of halogens is 1. The number of hydrazine groups is 1. The molecule has 2 aromatic rings. The highest BCUT2D eigenvalue weighted by molar-refractivity contribution is 7.89. The van der Waals surface area contributed by atoms with Gasteiger partial charge in [0.15, 0.2) is 0 Å². The van der Waals surface area contributed by atoms with E-state index in [-0.39, 0.29) is 40.6 Å². The van der Waals surface area contributed by atoms with Crippen molar-refractivity contribution in [3.63, 3.8) is 0 Å². The van der Waals surface area contributed by atoms with Gasteiger partial charge in [-0.2, -0.15) is 0 Å². The fraction of sp³-hybridized carbons (Fsp3) is 0.483. The third kappa shape index (κ3) is 6.81. The second-order valence-electron chi connectivity index (χ2n) is 10.9. The Morgan fingerprint density at radius 3 is 2.39 bits per heavy atom. The van der Waals surface area contributed by atoms with Crippen LogP contribution in [0.4, 0.5) is 4.39 Å². The van der Waals surface area contributed by atoms with Crippen molar-refractivity contribution in [3.05, 3.63) is 65.1 Å². The molecule has 2 aromatic carbocycles. The van der Waals surface area contributed by atoms with Gasteiger partial charge in [-0.05, 0) is 57.7 Å². The number of ether oxygens (including phenoxy) is 1. The first-order valence-corrected chi connectivity index (χ1v) is 14.6. The highest BCUT2D eigenvalue weighted by Gasteiger charge is 2.37. The van der Waals surface area contributed by atoms with Crippen molar-refractivity contribution < 1.29 is 22.3 Å². The first-order valence-electron chi connectivity index (χ1n) is 13.1. The highest BCUT2D eigenvalue weighted by atomic mass is 32.2. The van der Waals surface area contributed by atoms with Gasteiger partial charge in [-0.3, -0.25) is 0 Å². The number of carbonyl (C=O) groups is 1. The lowest BCUT2D eigenvalue weighted by molar-refractivity contribution is -0.139. The first kappa shape index (κ1) is 29.8.